The molecule has 0 bridgehead atoms. The highest BCUT2D eigenvalue weighted by molar-refractivity contribution is 4.92. The molecule has 1 nitrogen and oxygen atoms in total. The molecule has 0 aromatic carbocycles. The van der Waals surface area contributed by atoms with E-state index in [2.05, 4.69) is 6.58 Å². The minimum Gasteiger partial charge on any atom is -0.375 e. The Hall–Kier alpha value is -0.600. The smallest absolute Gasteiger partial charge is 0.251 e. The first-order valence-electron chi connectivity index (χ1n) is 3.79. The summed E-state index contributed by atoms with van der Waals surface area (Å²) in [6, 6.07) is 0. The average Bonchev–Trinajstić information content (AvgIpc) is 1.86. The van der Waals surface area contributed by atoms with Crippen molar-refractivity contribution in [3.63, 3.8) is 0 Å². The Bertz CT molecular complexity index is 155. The molecule has 3 heteroatoms. The zero-order valence-electron chi connectivity index (χ0n) is 6.74. The van der Waals surface area contributed by atoms with Gasteiger partial charge in [-0.05, 0) is 6.92 Å². The Labute approximate surface area is 65.7 Å². The lowest BCUT2D eigenvalue weighted by atomic mass is 10.1. The summed E-state index contributed by atoms with van der Waals surface area (Å²) in [7, 11) is 0. The summed E-state index contributed by atoms with van der Waals surface area (Å²) < 4.78 is 25.2. The largest absolute Gasteiger partial charge is 0.375 e. The monoisotopic (exact) mass is 161 g/mol. The number of rotatable bonds is 1. The van der Waals surface area contributed by atoms with Crippen molar-refractivity contribution in [2.24, 2.45) is 0 Å². The molecular formula is C8H13F2N. The van der Waals surface area contributed by atoms with E-state index >= 15 is 0 Å². The fourth-order valence-electron chi connectivity index (χ4n) is 1.22. The van der Waals surface area contributed by atoms with E-state index in [1.54, 1.807) is 0 Å². The molecule has 1 aliphatic rings. The number of likely N-dealkylation sites (tertiary alicyclic amines) is 1. The van der Waals surface area contributed by atoms with E-state index in [4.69, 9.17) is 0 Å². The maximum absolute atomic E-state index is 12.6. The molecule has 0 radical (unpaired) electrons. The molecule has 1 heterocycles. The van der Waals surface area contributed by atoms with Gasteiger partial charge in [0.25, 0.3) is 5.92 Å². The molecule has 1 aliphatic heterocycles. The van der Waals surface area contributed by atoms with Crippen molar-refractivity contribution in [2.75, 3.05) is 13.1 Å². The topological polar surface area (TPSA) is 3.24 Å². The molecule has 0 unspecified atom stereocenters. The first-order chi connectivity index (χ1) is 5.01. The maximum Gasteiger partial charge on any atom is 0.251 e. The Morgan fingerprint density at radius 1 is 1.36 bits per heavy atom. The quantitative estimate of drug-likeness (QED) is 0.570. The summed E-state index contributed by atoms with van der Waals surface area (Å²) in [5.41, 5.74) is 0.889. The lowest BCUT2D eigenvalue weighted by molar-refractivity contribution is -0.0488. The van der Waals surface area contributed by atoms with Crippen LogP contribution in [0.15, 0.2) is 12.3 Å². The highest BCUT2D eigenvalue weighted by atomic mass is 19.3. The molecule has 0 N–H and O–H groups in total. The van der Waals surface area contributed by atoms with E-state index < -0.39 is 5.92 Å². The summed E-state index contributed by atoms with van der Waals surface area (Å²) in [5, 5.41) is 0. The van der Waals surface area contributed by atoms with Gasteiger partial charge >= 0.3 is 0 Å². The first-order valence-corrected chi connectivity index (χ1v) is 3.79. The van der Waals surface area contributed by atoms with E-state index in [0.29, 0.717) is 13.1 Å². The Kier molecular flexibility index (Phi) is 2.16. The molecule has 0 spiro atoms. The molecule has 1 rings (SSSR count). The van der Waals surface area contributed by atoms with Crippen LogP contribution in [0.3, 0.4) is 0 Å². The number of nitrogens with zero attached hydrogens (tertiary/aromatic N) is 1. The average molecular weight is 161 g/mol. The molecule has 64 valence electrons. The van der Waals surface area contributed by atoms with Crippen molar-refractivity contribution in [1.82, 2.24) is 4.90 Å². The van der Waals surface area contributed by atoms with Crippen LogP contribution in [0.1, 0.15) is 19.8 Å². The molecule has 11 heavy (non-hydrogen) atoms. The third kappa shape index (κ3) is 2.17. The second-order valence-corrected chi connectivity index (χ2v) is 3.08. The van der Waals surface area contributed by atoms with Crippen LogP contribution in [-0.2, 0) is 0 Å². The van der Waals surface area contributed by atoms with Crippen LogP contribution in [0, 0.1) is 0 Å². The van der Waals surface area contributed by atoms with Crippen molar-refractivity contribution in [1.29, 1.82) is 0 Å². The molecule has 0 aromatic heterocycles. The van der Waals surface area contributed by atoms with Gasteiger partial charge in [0.15, 0.2) is 0 Å². The minimum atomic E-state index is -2.44. The van der Waals surface area contributed by atoms with E-state index in [-0.39, 0.29) is 12.8 Å². The Balaban J connectivity index is 2.42. The number of piperidine rings is 1. The molecule has 0 aromatic rings. The summed E-state index contributed by atoms with van der Waals surface area (Å²) in [6.45, 7) is 6.45. The number of halogens is 2. The predicted octanol–water partition coefficient (Wildman–Crippen LogP) is 2.25. The van der Waals surface area contributed by atoms with Crippen molar-refractivity contribution in [3.8, 4) is 0 Å². The van der Waals surface area contributed by atoms with Crippen LogP contribution >= 0.6 is 0 Å². The van der Waals surface area contributed by atoms with E-state index in [1.165, 1.54) is 0 Å². The predicted molar refractivity (Wildman–Crippen MR) is 40.6 cm³/mol. The summed E-state index contributed by atoms with van der Waals surface area (Å²) in [6.07, 6.45) is -0.0558. The fourth-order valence-corrected chi connectivity index (χ4v) is 1.22. The number of alkyl halides is 2. The summed E-state index contributed by atoms with van der Waals surface area (Å²) >= 11 is 0. The van der Waals surface area contributed by atoms with Crippen molar-refractivity contribution in [3.05, 3.63) is 12.3 Å². The maximum atomic E-state index is 12.6. The zero-order chi connectivity index (χ0) is 8.48. The minimum absolute atomic E-state index is 0.0279. The molecule has 1 saturated heterocycles. The normalized spacial score (nSPS) is 23.4. The van der Waals surface area contributed by atoms with Gasteiger partial charge in [-0.3, -0.25) is 0 Å². The summed E-state index contributed by atoms with van der Waals surface area (Å²) in [5.74, 6) is -2.44. The van der Waals surface area contributed by atoms with Crippen molar-refractivity contribution < 1.29 is 8.78 Å². The van der Waals surface area contributed by atoms with Gasteiger partial charge in [-0.25, -0.2) is 8.78 Å². The van der Waals surface area contributed by atoms with E-state index in [0.717, 1.165) is 5.70 Å². The third-order valence-corrected chi connectivity index (χ3v) is 2.03. The highest BCUT2D eigenvalue weighted by Gasteiger charge is 2.33. The lowest BCUT2D eigenvalue weighted by Gasteiger charge is -2.33. The van der Waals surface area contributed by atoms with Gasteiger partial charge in [0, 0.05) is 31.6 Å². The van der Waals surface area contributed by atoms with Crippen LogP contribution in [0.2, 0.25) is 0 Å². The van der Waals surface area contributed by atoms with Gasteiger partial charge in [0.1, 0.15) is 0 Å². The summed E-state index contributed by atoms with van der Waals surface area (Å²) in [4.78, 5) is 1.90. The molecule has 0 amide bonds. The van der Waals surface area contributed by atoms with E-state index in [1.807, 2.05) is 11.8 Å². The van der Waals surface area contributed by atoms with Crippen LogP contribution in [0.5, 0.6) is 0 Å². The highest BCUT2D eigenvalue weighted by Crippen LogP contribution is 2.28. The van der Waals surface area contributed by atoms with E-state index in [9.17, 15) is 8.78 Å². The Morgan fingerprint density at radius 3 is 2.18 bits per heavy atom. The van der Waals surface area contributed by atoms with Gasteiger partial charge in [-0.15, -0.1) is 0 Å². The molecule has 0 aliphatic carbocycles. The standard InChI is InChI=1S/C8H13F2N/c1-7(2)11-5-3-8(9,10)4-6-11/h1,3-6H2,2H3. The molecule has 0 atom stereocenters. The first kappa shape index (κ1) is 8.50. The SMILES string of the molecule is C=C(C)N1CCC(F)(F)CC1. The molecule has 1 fully saturated rings. The molecular weight excluding hydrogens is 148 g/mol. The van der Waals surface area contributed by atoms with Gasteiger partial charge < -0.3 is 4.90 Å². The van der Waals surface area contributed by atoms with Crippen LogP contribution in [-0.4, -0.2) is 23.9 Å². The van der Waals surface area contributed by atoms with Gasteiger partial charge in [-0.2, -0.15) is 0 Å². The molecule has 0 saturated carbocycles. The zero-order valence-corrected chi connectivity index (χ0v) is 6.74. The van der Waals surface area contributed by atoms with Crippen molar-refractivity contribution in [2.45, 2.75) is 25.7 Å². The van der Waals surface area contributed by atoms with Gasteiger partial charge in [0.2, 0.25) is 0 Å². The van der Waals surface area contributed by atoms with Gasteiger partial charge in [0.05, 0.1) is 0 Å². The lowest BCUT2D eigenvalue weighted by Crippen LogP contribution is -2.37. The van der Waals surface area contributed by atoms with Gasteiger partial charge in [-0.1, -0.05) is 6.58 Å². The fraction of sp³-hybridized carbons (Fsp3) is 0.750. The van der Waals surface area contributed by atoms with Crippen LogP contribution < -0.4 is 0 Å². The second kappa shape index (κ2) is 2.80. The van der Waals surface area contributed by atoms with Crippen LogP contribution in [0.25, 0.3) is 0 Å². The van der Waals surface area contributed by atoms with Crippen molar-refractivity contribution >= 4 is 0 Å². The second-order valence-electron chi connectivity index (χ2n) is 3.08. The third-order valence-electron chi connectivity index (χ3n) is 2.03. The number of hydrogen-bond acceptors (Lipinski definition) is 1. The number of hydrogen-bond donors (Lipinski definition) is 0. The number of allylic oxidation sites excluding steroid dienone is 1. The van der Waals surface area contributed by atoms with Crippen LogP contribution in [0.4, 0.5) is 8.78 Å². The Morgan fingerprint density at radius 2 is 1.82 bits per heavy atom.